The van der Waals surface area contributed by atoms with Gasteiger partial charge in [-0.05, 0) is 44.4 Å². The molecule has 1 aliphatic rings. The van der Waals surface area contributed by atoms with Crippen LogP contribution in [0, 0.1) is 6.92 Å². The molecule has 0 spiro atoms. The molecule has 3 nitrogen and oxygen atoms in total. The smallest absolute Gasteiger partial charge is 0.244 e. The number of hydrogen-bond donors (Lipinski definition) is 1. The van der Waals surface area contributed by atoms with Crippen molar-refractivity contribution >= 4 is 23.2 Å². The molecule has 1 fully saturated rings. The van der Waals surface area contributed by atoms with Crippen LogP contribution in [-0.2, 0) is 4.79 Å². The number of aryl methyl sites for hydroxylation is 1. The fraction of sp³-hybridized carbons (Fsp3) is 0.500. The second-order valence-electron chi connectivity index (χ2n) is 4.88. The number of carbonyl (C=O) groups excluding carboxylic acids is 1. The van der Waals surface area contributed by atoms with Crippen LogP contribution in [-0.4, -0.2) is 29.9 Å². The van der Waals surface area contributed by atoms with Crippen molar-refractivity contribution in [2.45, 2.75) is 32.7 Å². The Morgan fingerprint density at radius 2 is 2.06 bits per heavy atom. The molecular weight excluding hydrogens is 248 g/mol. The second-order valence-corrected chi connectivity index (χ2v) is 5.29. The minimum Gasteiger partial charge on any atom is -0.373 e. The fourth-order valence-electron chi connectivity index (χ4n) is 2.26. The van der Waals surface area contributed by atoms with Crippen LogP contribution < -0.4 is 5.32 Å². The lowest BCUT2D eigenvalue weighted by Crippen LogP contribution is -2.39. The molecule has 1 aromatic carbocycles. The zero-order valence-electron chi connectivity index (χ0n) is 10.9. The van der Waals surface area contributed by atoms with Crippen LogP contribution in [0.15, 0.2) is 18.2 Å². The van der Waals surface area contributed by atoms with E-state index < -0.39 is 0 Å². The van der Waals surface area contributed by atoms with Crippen LogP contribution >= 0.6 is 11.6 Å². The zero-order valence-corrected chi connectivity index (χ0v) is 11.6. The van der Waals surface area contributed by atoms with Crippen LogP contribution in [0.25, 0.3) is 0 Å². The highest BCUT2D eigenvalue weighted by molar-refractivity contribution is 6.33. The largest absolute Gasteiger partial charge is 0.373 e. The van der Waals surface area contributed by atoms with E-state index in [2.05, 4.69) is 5.32 Å². The SMILES string of the molecule is Cc1ccc(Cl)c(NC(C)C(=O)N2CCCC2)c1. The highest BCUT2D eigenvalue weighted by atomic mass is 35.5. The van der Waals surface area contributed by atoms with E-state index in [-0.39, 0.29) is 11.9 Å². The van der Waals surface area contributed by atoms with Gasteiger partial charge in [-0.3, -0.25) is 4.79 Å². The quantitative estimate of drug-likeness (QED) is 0.912. The van der Waals surface area contributed by atoms with Crippen molar-refractivity contribution in [2.75, 3.05) is 18.4 Å². The molecule has 18 heavy (non-hydrogen) atoms. The number of amides is 1. The van der Waals surface area contributed by atoms with Crippen LogP contribution in [0.5, 0.6) is 0 Å². The highest BCUT2D eigenvalue weighted by Gasteiger charge is 2.23. The van der Waals surface area contributed by atoms with Crippen molar-refractivity contribution < 1.29 is 4.79 Å². The molecular formula is C14H19ClN2O. The Labute approximate surface area is 113 Å². The molecule has 1 aromatic rings. The molecule has 1 amide bonds. The first-order valence-corrected chi connectivity index (χ1v) is 6.77. The van der Waals surface area contributed by atoms with Crippen molar-refractivity contribution in [2.24, 2.45) is 0 Å². The highest BCUT2D eigenvalue weighted by Crippen LogP contribution is 2.24. The molecule has 0 bridgehead atoms. The monoisotopic (exact) mass is 266 g/mol. The van der Waals surface area contributed by atoms with E-state index in [0.29, 0.717) is 5.02 Å². The van der Waals surface area contributed by atoms with E-state index in [4.69, 9.17) is 11.6 Å². The number of anilines is 1. The molecule has 0 radical (unpaired) electrons. The number of nitrogens with zero attached hydrogens (tertiary/aromatic N) is 1. The van der Waals surface area contributed by atoms with E-state index in [1.165, 1.54) is 0 Å². The number of carbonyl (C=O) groups is 1. The lowest BCUT2D eigenvalue weighted by atomic mass is 10.2. The summed E-state index contributed by atoms with van der Waals surface area (Å²) in [5.41, 5.74) is 1.96. The molecule has 1 atom stereocenters. The molecule has 2 rings (SSSR count). The van der Waals surface area contributed by atoms with Crippen molar-refractivity contribution in [1.29, 1.82) is 0 Å². The predicted molar refractivity (Wildman–Crippen MR) is 75.1 cm³/mol. The molecule has 1 unspecified atom stereocenters. The Hall–Kier alpha value is -1.22. The molecule has 0 aliphatic carbocycles. The van der Waals surface area contributed by atoms with Gasteiger partial charge in [-0.2, -0.15) is 0 Å². The maximum atomic E-state index is 12.2. The zero-order chi connectivity index (χ0) is 13.1. The summed E-state index contributed by atoms with van der Waals surface area (Å²) in [6.07, 6.45) is 2.23. The van der Waals surface area contributed by atoms with E-state index in [9.17, 15) is 4.79 Å². The van der Waals surface area contributed by atoms with E-state index in [1.807, 2.05) is 36.9 Å². The predicted octanol–water partition coefficient (Wildman–Crippen LogP) is 3.07. The lowest BCUT2D eigenvalue weighted by molar-refractivity contribution is -0.130. The fourth-order valence-corrected chi connectivity index (χ4v) is 2.43. The van der Waals surface area contributed by atoms with Gasteiger partial charge in [0, 0.05) is 13.1 Å². The number of halogens is 1. The summed E-state index contributed by atoms with van der Waals surface area (Å²) in [5, 5.41) is 3.86. The Bertz CT molecular complexity index is 441. The van der Waals surface area contributed by atoms with Crippen molar-refractivity contribution in [3.05, 3.63) is 28.8 Å². The van der Waals surface area contributed by atoms with Crippen LogP contribution in [0.4, 0.5) is 5.69 Å². The minimum atomic E-state index is -0.234. The van der Waals surface area contributed by atoms with Gasteiger partial charge in [0.2, 0.25) is 5.91 Å². The van der Waals surface area contributed by atoms with Gasteiger partial charge < -0.3 is 10.2 Å². The molecule has 0 aromatic heterocycles. The summed E-state index contributed by atoms with van der Waals surface area (Å²) < 4.78 is 0. The van der Waals surface area contributed by atoms with Crippen LogP contribution in [0.3, 0.4) is 0 Å². The molecule has 98 valence electrons. The second kappa shape index (κ2) is 5.61. The Balaban J connectivity index is 2.03. The lowest BCUT2D eigenvalue weighted by Gasteiger charge is -2.22. The Kier molecular flexibility index (Phi) is 4.12. The maximum Gasteiger partial charge on any atom is 0.244 e. The molecule has 1 heterocycles. The number of benzene rings is 1. The summed E-state index contributed by atoms with van der Waals surface area (Å²) >= 11 is 6.12. The molecule has 1 aliphatic heterocycles. The van der Waals surface area contributed by atoms with Gasteiger partial charge in [0.1, 0.15) is 6.04 Å². The molecule has 1 N–H and O–H groups in total. The third-order valence-electron chi connectivity index (χ3n) is 3.28. The standard InChI is InChI=1S/C14H19ClN2O/c1-10-5-6-12(15)13(9-10)16-11(2)14(18)17-7-3-4-8-17/h5-6,9,11,16H,3-4,7-8H2,1-2H3. The van der Waals surface area contributed by atoms with Gasteiger partial charge in [0.15, 0.2) is 0 Å². The topological polar surface area (TPSA) is 32.3 Å². The summed E-state index contributed by atoms with van der Waals surface area (Å²) in [5.74, 6) is 0.157. The molecule has 4 heteroatoms. The molecule has 1 saturated heterocycles. The van der Waals surface area contributed by atoms with Crippen molar-refractivity contribution in [3.63, 3.8) is 0 Å². The van der Waals surface area contributed by atoms with Crippen molar-refractivity contribution in [3.8, 4) is 0 Å². The van der Waals surface area contributed by atoms with Crippen molar-refractivity contribution in [1.82, 2.24) is 4.90 Å². The molecule has 0 saturated carbocycles. The third-order valence-corrected chi connectivity index (χ3v) is 3.61. The Morgan fingerprint density at radius 1 is 1.39 bits per heavy atom. The minimum absolute atomic E-state index is 0.157. The van der Waals surface area contributed by atoms with Gasteiger partial charge in [0.25, 0.3) is 0 Å². The summed E-state index contributed by atoms with van der Waals surface area (Å²) in [6, 6.07) is 5.55. The van der Waals surface area contributed by atoms with E-state index in [1.54, 1.807) is 0 Å². The normalized spacial score (nSPS) is 16.7. The number of hydrogen-bond acceptors (Lipinski definition) is 2. The van der Waals surface area contributed by atoms with E-state index >= 15 is 0 Å². The maximum absolute atomic E-state index is 12.2. The summed E-state index contributed by atoms with van der Waals surface area (Å²) in [6.45, 7) is 5.66. The van der Waals surface area contributed by atoms with Gasteiger partial charge in [-0.25, -0.2) is 0 Å². The van der Waals surface area contributed by atoms with Gasteiger partial charge in [-0.1, -0.05) is 17.7 Å². The average molecular weight is 267 g/mol. The number of rotatable bonds is 3. The summed E-state index contributed by atoms with van der Waals surface area (Å²) in [7, 11) is 0. The number of likely N-dealkylation sites (tertiary alicyclic amines) is 1. The first kappa shape index (κ1) is 13.2. The van der Waals surface area contributed by atoms with Crippen LogP contribution in [0.1, 0.15) is 25.3 Å². The Morgan fingerprint density at radius 3 is 2.72 bits per heavy atom. The first-order chi connectivity index (χ1) is 8.58. The number of nitrogens with one attached hydrogen (secondary N) is 1. The van der Waals surface area contributed by atoms with Crippen LogP contribution in [0.2, 0.25) is 5.02 Å². The van der Waals surface area contributed by atoms with Gasteiger partial charge >= 0.3 is 0 Å². The van der Waals surface area contributed by atoms with E-state index in [0.717, 1.165) is 37.2 Å². The van der Waals surface area contributed by atoms with Gasteiger partial charge in [-0.15, -0.1) is 0 Å². The average Bonchev–Trinajstić information content (AvgIpc) is 2.86. The summed E-state index contributed by atoms with van der Waals surface area (Å²) in [4.78, 5) is 14.1. The van der Waals surface area contributed by atoms with Gasteiger partial charge in [0.05, 0.1) is 10.7 Å². The third kappa shape index (κ3) is 2.96. The first-order valence-electron chi connectivity index (χ1n) is 6.39.